The van der Waals surface area contributed by atoms with Crippen LogP contribution in [0.2, 0.25) is 5.02 Å². The maximum Gasteiger partial charge on any atom is 0.340 e. The van der Waals surface area contributed by atoms with Crippen molar-refractivity contribution in [3.05, 3.63) is 38.9 Å². The normalized spacial score (nSPS) is 9.67. The van der Waals surface area contributed by atoms with Crippen LogP contribution in [0.4, 0.5) is 5.69 Å². The number of hydrogen-bond donors (Lipinski definition) is 1. The van der Waals surface area contributed by atoms with Gasteiger partial charge < -0.3 is 10.1 Å². The van der Waals surface area contributed by atoms with Crippen LogP contribution in [-0.2, 0) is 9.53 Å². The number of nitrogens with zero attached hydrogens (tertiary/aromatic N) is 1. The first-order valence-corrected chi connectivity index (χ1v) is 5.15. The number of esters is 1. The molecule has 1 aromatic carbocycles. The Morgan fingerprint density at radius 3 is 2.72 bits per heavy atom. The van der Waals surface area contributed by atoms with Crippen LogP contribution in [0, 0.1) is 10.1 Å². The van der Waals surface area contributed by atoms with Crippen molar-refractivity contribution in [2.75, 3.05) is 13.7 Å². The molecule has 18 heavy (non-hydrogen) atoms. The monoisotopic (exact) mass is 272 g/mol. The minimum atomic E-state index is -0.896. The lowest BCUT2D eigenvalue weighted by Gasteiger charge is -2.05. The maximum atomic E-state index is 11.6. The van der Waals surface area contributed by atoms with Crippen LogP contribution in [-0.4, -0.2) is 30.5 Å². The summed E-state index contributed by atoms with van der Waals surface area (Å²) >= 11 is 5.72. The highest BCUT2D eigenvalue weighted by atomic mass is 35.5. The third kappa shape index (κ3) is 3.42. The van der Waals surface area contributed by atoms with Crippen molar-refractivity contribution in [2.45, 2.75) is 0 Å². The topological polar surface area (TPSA) is 98.5 Å². The molecule has 0 saturated heterocycles. The maximum absolute atomic E-state index is 11.6. The number of ether oxygens (including phenoxy) is 1. The summed E-state index contributed by atoms with van der Waals surface area (Å²) in [5.41, 5.74) is -0.443. The number of likely N-dealkylation sites (N-methyl/N-ethyl adjacent to an activating group) is 1. The summed E-state index contributed by atoms with van der Waals surface area (Å²) in [6.45, 7) is -0.478. The average Bonchev–Trinajstić information content (AvgIpc) is 2.35. The second kappa shape index (κ2) is 5.97. The van der Waals surface area contributed by atoms with Crippen LogP contribution in [0.15, 0.2) is 18.2 Å². The van der Waals surface area contributed by atoms with E-state index in [1.54, 1.807) is 0 Å². The Hall–Kier alpha value is -2.15. The van der Waals surface area contributed by atoms with Gasteiger partial charge in [0, 0.05) is 19.2 Å². The van der Waals surface area contributed by atoms with Crippen molar-refractivity contribution in [1.82, 2.24) is 5.32 Å². The van der Waals surface area contributed by atoms with Gasteiger partial charge in [-0.1, -0.05) is 11.6 Å². The molecule has 0 spiro atoms. The van der Waals surface area contributed by atoms with Crippen molar-refractivity contribution in [3.8, 4) is 0 Å². The average molecular weight is 273 g/mol. The quantitative estimate of drug-likeness (QED) is 0.503. The largest absolute Gasteiger partial charge is 0.452 e. The van der Waals surface area contributed by atoms with Crippen molar-refractivity contribution in [1.29, 1.82) is 0 Å². The standard InChI is InChI=1S/C10H9ClN2O5/c1-12-9(14)5-18-10(15)7-4-6(13(16)17)2-3-8(7)11/h2-4H,5H2,1H3,(H,12,14). The van der Waals surface area contributed by atoms with E-state index in [-0.39, 0.29) is 16.3 Å². The molecule has 0 atom stereocenters. The summed E-state index contributed by atoms with van der Waals surface area (Å²) in [5.74, 6) is -1.39. The van der Waals surface area contributed by atoms with Crippen LogP contribution >= 0.6 is 11.6 Å². The Bertz CT molecular complexity index is 503. The summed E-state index contributed by atoms with van der Waals surface area (Å²) in [4.78, 5) is 32.3. The number of rotatable bonds is 4. The first-order valence-electron chi connectivity index (χ1n) is 4.77. The van der Waals surface area contributed by atoms with Gasteiger partial charge in [0.2, 0.25) is 0 Å². The van der Waals surface area contributed by atoms with Crippen LogP contribution in [0.5, 0.6) is 0 Å². The van der Waals surface area contributed by atoms with E-state index < -0.39 is 23.4 Å². The lowest BCUT2D eigenvalue weighted by atomic mass is 10.2. The SMILES string of the molecule is CNC(=O)COC(=O)c1cc([N+](=O)[O-])ccc1Cl. The first kappa shape index (κ1) is 13.9. The zero-order valence-electron chi connectivity index (χ0n) is 9.31. The molecule has 0 radical (unpaired) electrons. The number of nitrogens with one attached hydrogen (secondary N) is 1. The van der Waals surface area contributed by atoms with Crippen LogP contribution in [0.25, 0.3) is 0 Å². The van der Waals surface area contributed by atoms with Gasteiger partial charge in [-0.25, -0.2) is 4.79 Å². The second-order valence-electron chi connectivity index (χ2n) is 3.17. The Kier molecular flexibility index (Phi) is 4.61. The van der Waals surface area contributed by atoms with Gasteiger partial charge in [0.1, 0.15) is 0 Å². The molecule has 96 valence electrons. The Balaban J connectivity index is 2.87. The predicted octanol–water partition coefficient (Wildman–Crippen LogP) is 1.15. The van der Waals surface area contributed by atoms with Crippen molar-refractivity contribution in [3.63, 3.8) is 0 Å². The molecule has 0 heterocycles. The molecule has 0 aliphatic rings. The molecule has 8 heteroatoms. The highest BCUT2D eigenvalue weighted by molar-refractivity contribution is 6.33. The van der Waals surface area contributed by atoms with E-state index in [1.807, 2.05) is 0 Å². The summed E-state index contributed by atoms with van der Waals surface area (Å²) < 4.78 is 4.64. The molecular formula is C10H9ClN2O5. The molecule has 0 aliphatic carbocycles. The molecule has 0 unspecified atom stereocenters. The Labute approximate surface area is 107 Å². The van der Waals surface area contributed by atoms with E-state index in [0.717, 1.165) is 12.1 Å². The minimum Gasteiger partial charge on any atom is -0.452 e. The van der Waals surface area contributed by atoms with Gasteiger partial charge in [0.25, 0.3) is 11.6 Å². The Morgan fingerprint density at radius 1 is 1.50 bits per heavy atom. The highest BCUT2D eigenvalue weighted by Gasteiger charge is 2.17. The second-order valence-corrected chi connectivity index (χ2v) is 3.58. The first-order chi connectivity index (χ1) is 8.45. The smallest absolute Gasteiger partial charge is 0.340 e. The molecule has 1 rings (SSSR count). The van der Waals surface area contributed by atoms with Gasteiger partial charge in [0.15, 0.2) is 6.61 Å². The van der Waals surface area contributed by atoms with Crippen LogP contribution in [0.3, 0.4) is 0 Å². The molecule has 0 bridgehead atoms. The van der Waals surface area contributed by atoms with Crippen LogP contribution < -0.4 is 5.32 Å². The zero-order valence-corrected chi connectivity index (χ0v) is 10.1. The van der Waals surface area contributed by atoms with E-state index in [9.17, 15) is 19.7 Å². The fraction of sp³-hybridized carbons (Fsp3) is 0.200. The molecule has 0 fully saturated rings. The summed E-state index contributed by atoms with van der Waals surface area (Å²) in [6, 6.07) is 3.38. The number of nitro groups is 1. The Morgan fingerprint density at radius 2 is 2.17 bits per heavy atom. The van der Waals surface area contributed by atoms with E-state index in [2.05, 4.69) is 10.1 Å². The number of non-ortho nitro benzene ring substituents is 1. The summed E-state index contributed by atoms with van der Waals surface area (Å²) in [7, 11) is 1.39. The number of benzene rings is 1. The van der Waals surface area contributed by atoms with E-state index >= 15 is 0 Å². The number of carbonyl (C=O) groups excluding carboxylic acids is 2. The molecule has 0 aliphatic heterocycles. The van der Waals surface area contributed by atoms with Gasteiger partial charge in [-0.15, -0.1) is 0 Å². The molecule has 1 aromatic rings. The van der Waals surface area contributed by atoms with Gasteiger partial charge in [-0.2, -0.15) is 0 Å². The minimum absolute atomic E-state index is 0.0162. The van der Waals surface area contributed by atoms with Gasteiger partial charge in [-0.05, 0) is 6.07 Å². The third-order valence-corrected chi connectivity index (χ3v) is 2.32. The van der Waals surface area contributed by atoms with Gasteiger partial charge >= 0.3 is 5.97 Å². The lowest BCUT2D eigenvalue weighted by molar-refractivity contribution is -0.384. The molecule has 1 amide bonds. The molecule has 0 saturated carbocycles. The fourth-order valence-corrected chi connectivity index (χ4v) is 1.26. The van der Waals surface area contributed by atoms with E-state index in [1.165, 1.54) is 13.1 Å². The fourth-order valence-electron chi connectivity index (χ4n) is 1.06. The van der Waals surface area contributed by atoms with Gasteiger partial charge in [0.05, 0.1) is 15.5 Å². The number of nitro benzene ring substituents is 1. The lowest BCUT2D eigenvalue weighted by Crippen LogP contribution is -2.25. The number of carbonyl (C=O) groups is 2. The molecule has 7 nitrogen and oxygen atoms in total. The summed E-state index contributed by atoms with van der Waals surface area (Å²) in [6.07, 6.45) is 0. The predicted molar refractivity (Wildman–Crippen MR) is 62.5 cm³/mol. The van der Waals surface area contributed by atoms with Crippen molar-refractivity contribution >= 4 is 29.2 Å². The molecule has 1 N–H and O–H groups in total. The van der Waals surface area contributed by atoms with E-state index in [0.29, 0.717) is 0 Å². The summed E-state index contributed by atoms with van der Waals surface area (Å²) in [5, 5.41) is 12.8. The molecular weight excluding hydrogens is 264 g/mol. The molecule has 0 aromatic heterocycles. The third-order valence-electron chi connectivity index (χ3n) is 1.99. The van der Waals surface area contributed by atoms with Crippen molar-refractivity contribution < 1.29 is 19.2 Å². The highest BCUT2D eigenvalue weighted by Crippen LogP contribution is 2.22. The van der Waals surface area contributed by atoms with Crippen molar-refractivity contribution in [2.24, 2.45) is 0 Å². The van der Waals surface area contributed by atoms with Crippen LogP contribution in [0.1, 0.15) is 10.4 Å². The van der Waals surface area contributed by atoms with Gasteiger partial charge in [-0.3, -0.25) is 14.9 Å². The number of hydrogen-bond acceptors (Lipinski definition) is 5. The number of amides is 1. The van der Waals surface area contributed by atoms with E-state index in [4.69, 9.17) is 11.6 Å². The zero-order chi connectivity index (χ0) is 13.7. The number of halogens is 1.